The van der Waals surface area contributed by atoms with E-state index in [4.69, 9.17) is 5.11 Å². The molecule has 0 saturated heterocycles. The first-order chi connectivity index (χ1) is 13.0. The number of amides is 1. The highest BCUT2D eigenvalue weighted by Crippen LogP contribution is 2.35. The molecule has 2 aromatic heterocycles. The van der Waals surface area contributed by atoms with Crippen molar-refractivity contribution in [3.8, 4) is 5.69 Å². The summed E-state index contributed by atoms with van der Waals surface area (Å²) in [7, 11) is 0. The van der Waals surface area contributed by atoms with Crippen molar-refractivity contribution in [2.75, 3.05) is 0 Å². The monoisotopic (exact) mass is 365 g/mol. The number of carbonyl (C=O) groups is 2. The molecule has 138 valence electrons. The highest BCUT2D eigenvalue weighted by Gasteiger charge is 2.41. The number of rotatable bonds is 5. The number of carbonyl (C=O) groups excluding carboxylic acids is 1. The molecule has 1 aliphatic carbocycles. The second-order valence-electron chi connectivity index (χ2n) is 6.97. The predicted octanol–water partition coefficient (Wildman–Crippen LogP) is 2.25. The minimum Gasteiger partial charge on any atom is -0.481 e. The number of pyridine rings is 1. The number of nitrogens with zero attached hydrogens (tertiary/aromatic N) is 4. The van der Waals surface area contributed by atoms with Gasteiger partial charge in [0.15, 0.2) is 5.69 Å². The van der Waals surface area contributed by atoms with Crippen LogP contribution in [0.15, 0.2) is 36.7 Å². The number of hydrogen-bond donors (Lipinski definition) is 2. The Morgan fingerprint density at radius 2 is 2.11 bits per heavy atom. The van der Waals surface area contributed by atoms with E-state index in [2.05, 4.69) is 20.6 Å². The van der Waals surface area contributed by atoms with Crippen molar-refractivity contribution < 1.29 is 14.7 Å². The standard InChI is InChI=1S/C19H19N5O3/c1-12-17(18(27)21-19(7-3-8-19)10-16(25)26)22-23-24(12)15-5-2-4-13-11-20-9-6-14(13)15/h2,4-6,9,11H,3,7-8,10H2,1H3,(H,21,27)(H,25,26). The van der Waals surface area contributed by atoms with Crippen LogP contribution in [0, 0.1) is 6.92 Å². The number of aliphatic carboxylic acids is 1. The van der Waals surface area contributed by atoms with Gasteiger partial charge < -0.3 is 10.4 Å². The van der Waals surface area contributed by atoms with Crippen molar-refractivity contribution in [3.05, 3.63) is 48.0 Å². The van der Waals surface area contributed by atoms with Gasteiger partial charge in [-0.1, -0.05) is 17.3 Å². The highest BCUT2D eigenvalue weighted by molar-refractivity contribution is 5.95. The number of hydrogen-bond acceptors (Lipinski definition) is 5. The molecule has 8 heteroatoms. The third-order valence-corrected chi connectivity index (χ3v) is 5.17. The van der Waals surface area contributed by atoms with E-state index in [9.17, 15) is 9.59 Å². The van der Waals surface area contributed by atoms with Crippen LogP contribution in [0.25, 0.3) is 16.5 Å². The maximum Gasteiger partial charge on any atom is 0.305 e. The number of carboxylic acids is 1. The summed E-state index contributed by atoms with van der Waals surface area (Å²) < 4.78 is 1.63. The first-order valence-corrected chi connectivity index (χ1v) is 8.79. The molecular weight excluding hydrogens is 346 g/mol. The Kier molecular flexibility index (Phi) is 4.10. The van der Waals surface area contributed by atoms with Crippen LogP contribution in [-0.2, 0) is 4.79 Å². The Morgan fingerprint density at radius 3 is 2.81 bits per heavy atom. The second-order valence-corrected chi connectivity index (χ2v) is 6.97. The van der Waals surface area contributed by atoms with Gasteiger partial charge in [0.1, 0.15) is 0 Å². The van der Waals surface area contributed by atoms with E-state index in [0.717, 1.165) is 22.9 Å². The van der Waals surface area contributed by atoms with Crippen LogP contribution in [0.3, 0.4) is 0 Å². The molecule has 0 radical (unpaired) electrons. The Labute approximate surface area is 155 Å². The van der Waals surface area contributed by atoms with E-state index >= 15 is 0 Å². The Morgan fingerprint density at radius 1 is 1.30 bits per heavy atom. The lowest BCUT2D eigenvalue weighted by Crippen LogP contribution is -2.54. The van der Waals surface area contributed by atoms with Gasteiger partial charge in [-0.15, -0.1) is 5.10 Å². The molecule has 2 N–H and O–H groups in total. The van der Waals surface area contributed by atoms with Gasteiger partial charge in [0.05, 0.1) is 23.3 Å². The van der Waals surface area contributed by atoms with Crippen molar-refractivity contribution in [3.63, 3.8) is 0 Å². The van der Waals surface area contributed by atoms with E-state index in [1.54, 1.807) is 24.0 Å². The molecule has 8 nitrogen and oxygen atoms in total. The molecule has 0 unspecified atom stereocenters. The molecule has 0 atom stereocenters. The average Bonchev–Trinajstić information content (AvgIpc) is 3.00. The van der Waals surface area contributed by atoms with Crippen molar-refractivity contribution in [1.29, 1.82) is 0 Å². The van der Waals surface area contributed by atoms with Crippen LogP contribution in [0.5, 0.6) is 0 Å². The van der Waals surface area contributed by atoms with Crippen molar-refractivity contribution in [1.82, 2.24) is 25.3 Å². The van der Waals surface area contributed by atoms with Crippen molar-refractivity contribution >= 4 is 22.6 Å². The molecule has 0 bridgehead atoms. The minimum atomic E-state index is -0.917. The molecular formula is C19H19N5O3. The fraction of sp³-hybridized carbons (Fsp3) is 0.316. The Bertz CT molecular complexity index is 1030. The van der Waals surface area contributed by atoms with Gasteiger partial charge in [-0.2, -0.15) is 0 Å². The molecule has 1 aliphatic rings. The van der Waals surface area contributed by atoms with Crippen LogP contribution < -0.4 is 5.32 Å². The quantitative estimate of drug-likeness (QED) is 0.718. The average molecular weight is 365 g/mol. The maximum atomic E-state index is 12.7. The fourth-order valence-corrected chi connectivity index (χ4v) is 3.60. The SMILES string of the molecule is Cc1c(C(=O)NC2(CC(=O)O)CCC2)nnn1-c1cccc2cnccc12. The van der Waals surface area contributed by atoms with Crippen LogP contribution in [0.1, 0.15) is 41.9 Å². The lowest BCUT2D eigenvalue weighted by molar-refractivity contribution is -0.139. The van der Waals surface area contributed by atoms with Gasteiger partial charge in [-0.25, -0.2) is 4.68 Å². The largest absolute Gasteiger partial charge is 0.481 e. The predicted molar refractivity (Wildman–Crippen MR) is 97.7 cm³/mol. The van der Waals surface area contributed by atoms with Crippen molar-refractivity contribution in [2.24, 2.45) is 0 Å². The van der Waals surface area contributed by atoms with Gasteiger partial charge in [0, 0.05) is 23.2 Å². The summed E-state index contributed by atoms with van der Waals surface area (Å²) in [6.45, 7) is 1.78. The summed E-state index contributed by atoms with van der Waals surface area (Å²) in [5.41, 5.74) is 0.937. The first kappa shape index (κ1) is 17.1. The second kappa shape index (κ2) is 6.46. The van der Waals surface area contributed by atoms with Crippen LogP contribution in [0.2, 0.25) is 0 Å². The topological polar surface area (TPSA) is 110 Å². The van der Waals surface area contributed by atoms with E-state index in [1.165, 1.54) is 0 Å². The van der Waals surface area contributed by atoms with E-state index in [0.29, 0.717) is 18.5 Å². The van der Waals surface area contributed by atoms with E-state index in [1.807, 2.05) is 24.3 Å². The zero-order valence-corrected chi connectivity index (χ0v) is 14.8. The summed E-state index contributed by atoms with van der Waals surface area (Å²) in [5, 5.41) is 22.1. The molecule has 3 aromatic rings. The fourth-order valence-electron chi connectivity index (χ4n) is 3.60. The normalized spacial score (nSPS) is 15.3. The molecule has 1 amide bonds. The van der Waals surface area contributed by atoms with E-state index < -0.39 is 11.5 Å². The first-order valence-electron chi connectivity index (χ1n) is 8.79. The number of fused-ring (bicyclic) bond motifs is 1. The summed E-state index contributed by atoms with van der Waals surface area (Å²) in [6, 6.07) is 7.65. The minimum absolute atomic E-state index is 0.0811. The zero-order valence-electron chi connectivity index (χ0n) is 14.8. The summed E-state index contributed by atoms with van der Waals surface area (Å²) in [4.78, 5) is 28.0. The third-order valence-electron chi connectivity index (χ3n) is 5.17. The molecule has 27 heavy (non-hydrogen) atoms. The van der Waals surface area contributed by atoms with Crippen LogP contribution >= 0.6 is 0 Å². The molecule has 0 spiro atoms. The smallest absolute Gasteiger partial charge is 0.305 e. The third kappa shape index (κ3) is 3.03. The highest BCUT2D eigenvalue weighted by atomic mass is 16.4. The van der Waals surface area contributed by atoms with Gasteiger partial charge in [-0.05, 0) is 38.3 Å². The Hall–Kier alpha value is -3.29. The number of nitrogens with one attached hydrogen (secondary N) is 1. The lowest BCUT2D eigenvalue weighted by atomic mass is 9.74. The molecule has 2 heterocycles. The van der Waals surface area contributed by atoms with Crippen molar-refractivity contribution in [2.45, 2.75) is 38.1 Å². The van der Waals surface area contributed by atoms with Gasteiger partial charge in [0.25, 0.3) is 5.91 Å². The van der Waals surface area contributed by atoms with Crippen LogP contribution in [0.4, 0.5) is 0 Å². The maximum absolute atomic E-state index is 12.7. The number of benzene rings is 1. The lowest BCUT2D eigenvalue weighted by Gasteiger charge is -2.41. The molecule has 1 saturated carbocycles. The van der Waals surface area contributed by atoms with Gasteiger partial charge in [-0.3, -0.25) is 14.6 Å². The summed E-state index contributed by atoms with van der Waals surface area (Å²) in [6.07, 6.45) is 5.62. The molecule has 1 fully saturated rings. The molecule has 1 aromatic carbocycles. The zero-order chi connectivity index (χ0) is 19.0. The number of aromatic nitrogens is 4. The summed E-state index contributed by atoms with van der Waals surface area (Å²) in [5.74, 6) is -1.30. The van der Waals surface area contributed by atoms with E-state index in [-0.39, 0.29) is 18.0 Å². The Balaban J connectivity index is 1.66. The van der Waals surface area contributed by atoms with Gasteiger partial charge >= 0.3 is 5.97 Å². The summed E-state index contributed by atoms with van der Waals surface area (Å²) >= 11 is 0. The molecule has 4 rings (SSSR count). The number of carboxylic acid groups (broad SMARTS) is 1. The van der Waals surface area contributed by atoms with Gasteiger partial charge in [0.2, 0.25) is 0 Å². The van der Waals surface area contributed by atoms with Crippen LogP contribution in [-0.4, -0.2) is 42.5 Å². The molecule has 0 aliphatic heterocycles.